The molecule has 2 aromatic heterocycles. The minimum atomic E-state index is -5.06. The average molecular weight is 664 g/mol. The van der Waals surface area contributed by atoms with Crippen LogP contribution < -0.4 is 30.8 Å². The molecule has 0 radical (unpaired) electrons. The first-order valence-corrected chi connectivity index (χ1v) is 14.2. The van der Waals surface area contributed by atoms with E-state index < -0.39 is 97.3 Å². The predicted octanol–water partition coefficient (Wildman–Crippen LogP) is 1.58. The van der Waals surface area contributed by atoms with Crippen LogP contribution in [0.4, 0.5) is 26.3 Å². The van der Waals surface area contributed by atoms with Gasteiger partial charge in [-0.05, 0) is 60.7 Å². The predicted molar refractivity (Wildman–Crippen MR) is 135 cm³/mol. The Bertz CT molecular complexity index is 2160. The van der Waals surface area contributed by atoms with Gasteiger partial charge in [-0.1, -0.05) is 9.46 Å². The van der Waals surface area contributed by atoms with Crippen LogP contribution in [0.1, 0.15) is 11.1 Å². The first-order chi connectivity index (χ1) is 20.2. The zero-order chi connectivity index (χ0) is 32.6. The van der Waals surface area contributed by atoms with Gasteiger partial charge in [0, 0.05) is 0 Å². The first kappa shape index (κ1) is 30.5. The van der Waals surface area contributed by atoms with Crippen LogP contribution in [0.2, 0.25) is 0 Å². The Morgan fingerprint density at radius 3 is 0.955 bits per heavy atom. The molecule has 0 bridgehead atoms. The van der Waals surface area contributed by atoms with Crippen LogP contribution in [0.5, 0.6) is 0 Å². The number of halogens is 6. The van der Waals surface area contributed by atoms with Gasteiger partial charge in [-0.25, -0.2) is 0 Å². The first-order valence-electron chi connectivity index (χ1n) is 11.4. The lowest BCUT2D eigenvalue weighted by atomic mass is 10.1. The van der Waals surface area contributed by atoms with Crippen molar-refractivity contribution in [2.24, 2.45) is 0 Å². The summed E-state index contributed by atoms with van der Waals surface area (Å²) in [5.41, 5.74) is -8.29. The van der Waals surface area contributed by atoms with Crippen molar-refractivity contribution in [3.8, 4) is 0 Å². The van der Waals surface area contributed by atoms with Crippen LogP contribution in [0.3, 0.4) is 0 Å². The van der Waals surface area contributed by atoms with Gasteiger partial charge in [0.15, 0.2) is 0 Å². The average Bonchev–Trinajstić information content (AvgIpc) is 3.30. The topological polar surface area (TPSA) is 165 Å². The number of nitrogens with zero attached hydrogens (tertiary/aromatic N) is 2. The highest BCUT2D eigenvalue weighted by atomic mass is 32.2. The van der Waals surface area contributed by atoms with E-state index in [9.17, 15) is 62.4 Å². The van der Waals surface area contributed by atoms with Crippen LogP contribution in [0, 0.1) is 0 Å². The van der Waals surface area contributed by atoms with Crippen molar-refractivity contribution in [1.29, 1.82) is 0 Å². The van der Waals surface area contributed by atoms with Crippen molar-refractivity contribution in [2.75, 3.05) is 0 Å². The molecular formula is C24H10F6N2O10S2. The highest BCUT2D eigenvalue weighted by Crippen LogP contribution is 2.31. The summed E-state index contributed by atoms with van der Waals surface area (Å²) in [6.45, 7) is 0. The second kappa shape index (κ2) is 9.77. The lowest BCUT2D eigenvalue weighted by Crippen LogP contribution is -2.36. The molecular weight excluding hydrogens is 654 g/mol. The summed E-state index contributed by atoms with van der Waals surface area (Å²) in [4.78, 5) is 49.6. The van der Waals surface area contributed by atoms with E-state index in [-0.39, 0.29) is 9.46 Å². The molecule has 0 aliphatic carbocycles. The van der Waals surface area contributed by atoms with Crippen LogP contribution in [0.25, 0.3) is 21.5 Å². The van der Waals surface area contributed by atoms with Gasteiger partial charge in [-0.15, -0.1) is 0 Å². The molecule has 44 heavy (non-hydrogen) atoms. The highest BCUT2D eigenvalue weighted by molar-refractivity contribution is 7.87. The second-order valence-electron chi connectivity index (χ2n) is 8.85. The van der Waals surface area contributed by atoms with E-state index in [1.165, 1.54) is 0 Å². The van der Waals surface area contributed by atoms with E-state index in [1.807, 2.05) is 0 Å². The summed E-state index contributed by atoms with van der Waals surface area (Å²) in [7, 11) is -10.1. The minimum absolute atomic E-state index is 0.273. The van der Waals surface area contributed by atoms with E-state index in [4.69, 9.17) is 0 Å². The molecule has 0 aliphatic heterocycles. The number of alkyl halides is 6. The second-order valence-corrected chi connectivity index (χ2v) is 11.9. The van der Waals surface area contributed by atoms with Gasteiger partial charge in [0.1, 0.15) is 9.79 Å². The van der Waals surface area contributed by atoms with Crippen molar-refractivity contribution in [2.45, 2.75) is 22.1 Å². The summed E-state index contributed by atoms with van der Waals surface area (Å²) in [6.07, 6.45) is -9.60. The Balaban J connectivity index is 1.53. The van der Waals surface area contributed by atoms with Crippen LogP contribution in [0.15, 0.2) is 89.6 Å². The Kier molecular flexibility index (Phi) is 6.77. The standard InChI is InChI=1S/C24H10F6N2O10S2/c25-23(26,27)11-1-5-13(6-2-11)43(37,38)41-31-19(33)15-9-17-18(10-16(15)20(31)34)22(36)32(21(17)35)42-44(39,40)14-7-3-12(4-8-14)24(28,29)30/h1-10H. The molecule has 2 heterocycles. The van der Waals surface area contributed by atoms with Gasteiger partial charge in [-0.3, -0.25) is 27.7 Å². The third-order valence-electron chi connectivity index (χ3n) is 6.10. The number of hydrogen-bond donors (Lipinski definition) is 0. The molecule has 3 aromatic carbocycles. The molecule has 0 spiro atoms. The summed E-state index contributed by atoms with van der Waals surface area (Å²) >= 11 is 0. The summed E-state index contributed by atoms with van der Waals surface area (Å²) < 4.78 is 135. The van der Waals surface area contributed by atoms with Gasteiger partial charge in [-0.2, -0.15) is 43.2 Å². The van der Waals surface area contributed by atoms with Crippen LogP contribution in [-0.4, -0.2) is 26.3 Å². The van der Waals surface area contributed by atoms with Gasteiger partial charge in [0.2, 0.25) is 0 Å². The molecule has 0 N–H and O–H groups in total. The summed E-state index contributed by atoms with van der Waals surface area (Å²) in [6, 6.07) is 4.96. The van der Waals surface area contributed by atoms with Crippen molar-refractivity contribution in [1.82, 2.24) is 9.46 Å². The number of benzene rings is 3. The number of fused-ring (bicyclic) bond motifs is 2. The normalized spacial score (nSPS) is 13.0. The van der Waals surface area contributed by atoms with Crippen LogP contribution >= 0.6 is 0 Å². The monoisotopic (exact) mass is 664 g/mol. The molecule has 20 heteroatoms. The van der Waals surface area contributed by atoms with Crippen LogP contribution in [-0.2, 0) is 32.6 Å². The van der Waals surface area contributed by atoms with E-state index in [0.717, 1.165) is 0 Å². The van der Waals surface area contributed by atoms with Gasteiger partial charge in [0.25, 0.3) is 22.2 Å². The molecule has 0 atom stereocenters. The molecule has 0 saturated carbocycles. The SMILES string of the molecule is O=c1c2cc3c(=O)n(OS(=O)(=O)c4ccc(C(F)(F)F)cc4)c(=O)c3cc2c(=O)n1OS(=O)(=O)c1ccc(C(F)(F)F)cc1. The smallest absolute Gasteiger partial charge is 0.277 e. The Morgan fingerprint density at radius 2 is 0.727 bits per heavy atom. The molecule has 0 aliphatic rings. The molecule has 0 unspecified atom stereocenters. The number of rotatable bonds is 6. The fraction of sp³-hybridized carbons (Fsp3) is 0.0833. The number of hydrogen-bond acceptors (Lipinski definition) is 10. The fourth-order valence-corrected chi connectivity index (χ4v) is 5.74. The van der Waals surface area contributed by atoms with Crippen molar-refractivity contribution < 1.29 is 51.7 Å². The van der Waals surface area contributed by atoms with E-state index in [2.05, 4.69) is 8.57 Å². The molecule has 0 amide bonds. The maximum atomic E-state index is 12.8. The van der Waals surface area contributed by atoms with Gasteiger partial charge in [0.05, 0.1) is 32.7 Å². The largest absolute Gasteiger partial charge is 0.416 e. The van der Waals surface area contributed by atoms with E-state index in [1.54, 1.807) is 0 Å². The lowest BCUT2D eigenvalue weighted by Gasteiger charge is -2.08. The molecule has 0 saturated heterocycles. The third-order valence-corrected chi connectivity index (χ3v) is 8.49. The summed E-state index contributed by atoms with van der Waals surface area (Å²) in [5.74, 6) is 0. The zero-order valence-corrected chi connectivity index (χ0v) is 22.5. The maximum Gasteiger partial charge on any atom is 0.416 e. The molecule has 0 fully saturated rings. The van der Waals surface area contributed by atoms with Gasteiger partial charge < -0.3 is 0 Å². The molecule has 5 rings (SSSR count). The Morgan fingerprint density at radius 1 is 0.477 bits per heavy atom. The van der Waals surface area contributed by atoms with Crippen molar-refractivity contribution in [3.05, 3.63) is 113 Å². The molecule has 5 aromatic rings. The Hall–Kier alpha value is -4.98. The Labute approximate surface area is 238 Å². The lowest BCUT2D eigenvalue weighted by molar-refractivity contribution is -0.138. The highest BCUT2D eigenvalue weighted by Gasteiger charge is 2.33. The molecule has 230 valence electrons. The van der Waals surface area contributed by atoms with E-state index in [0.29, 0.717) is 60.7 Å². The molecule has 12 nitrogen and oxygen atoms in total. The van der Waals surface area contributed by atoms with Gasteiger partial charge >= 0.3 is 32.6 Å². The summed E-state index contributed by atoms with van der Waals surface area (Å²) in [5, 5.41) is -2.70. The van der Waals surface area contributed by atoms with Crippen molar-refractivity contribution in [3.63, 3.8) is 0 Å². The number of aromatic nitrogens is 2. The maximum absolute atomic E-state index is 12.8. The third kappa shape index (κ3) is 5.10. The quantitative estimate of drug-likeness (QED) is 0.244. The van der Waals surface area contributed by atoms with E-state index >= 15 is 0 Å². The minimum Gasteiger partial charge on any atom is -0.277 e. The van der Waals surface area contributed by atoms with Crippen molar-refractivity contribution >= 4 is 41.8 Å². The zero-order valence-electron chi connectivity index (χ0n) is 20.8. The fourth-order valence-electron chi connectivity index (χ4n) is 3.97.